The van der Waals surface area contributed by atoms with Gasteiger partial charge < -0.3 is 0 Å². The zero-order valence-electron chi connectivity index (χ0n) is 16.2. The van der Waals surface area contributed by atoms with Crippen LogP contribution in [0, 0.1) is 5.82 Å². The molecule has 0 heterocycles. The molecule has 0 bridgehead atoms. The molecular formula is C25H25F. The highest BCUT2D eigenvalue weighted by Gasteiger charge is 2.38. The first-order valence-electron chi connectivity index (χ1n) is 9.25. The lowest BCUT2D eigenvalue weighted by atomic mass is 9.75. The third-order valence-electron chi connectivity index (χ3n) is 5.63. The van der Waals surface area contributed by atoms with Crippen LogP contribution in [0.5, 0.6) is 0 Å². The molecule has 0 saturated heterocycles. The summed E-state index contributed by atoms with van der Waals surface area (Å²) in [7, 11) is 0. The molecular weight excluding hydrogens is 319 g/mol. The Morgan fingerprint density at radius 3 is 1.92 bits per heavy atom. The van der Waals surface area contributed by atoms with Crippen LogP contribution in [0.3, 0.4) is 0 Å². The highest BCUT2D eigenvalue weighted by atomic mass is 19.1. The van der Waals surface area contributed by atoms with Crippen LogP contribution in [0.25, 0.3) is 22.3 Å². The van der Waals surface area contributed by atoms with Gasteiger partial charge in [-0.25, -0.2) is 4.39 Å². The number of rotatable bonds is 1. The molecule has 0 aliphatic heterocycles. The maximum Gasteiger partial charge on any atom is 0.127 e. The topological polar surface area (TPSA) is 0 Å². The smallest absolute Gasteiger partial charge is 0.127 e. The van der Waals surface area contributed by atoms with Gasteiger partial charge in [-0.05, 0) is 44.9 Å². The van der Waals surface area contributed by atoms with Gasteiger partial charge in [-0.3, -0.25) is 0 Å². The van der Waals surface area contributed by atoms with E-state index < -0.39 is 0 Å². The summed E-state index contributed by atoms with van der Waals surface area (Å²) in [6.45, 7) is 10.8. The van der Waals surface area contributed by atoms with E-state index in [0.717, 1.165) is 16.7 Å². The number of fused-ring (bicyclic) bond motifs is 3. The lowest BCUT2D eigenvalue weighted by molar-refractivity contribution is 0.524. The highest BCUT2D eigenvalue weighted by molar-refractivity contribution is 5.89. The van der Waals surface area contributed by atoms with Crippen molar-refractivity contribution in [3.63, 3.8) is 0 Å². The molecule has 1 aliphatic carbocycles. The molecule has 0 N–H and O–H groups in total. The second-order valence-electron chi connectivity index (χ2n) is 8.81. The Balaban J connectivity index is 2.07. The second-order valence-corrected chi connectivity index (χ2v) is 8.81. The summed E-state index contributed by atoms with van der Waals surface area (Å²) in [6.07, 6.45) is 0. The van der Waals surface area contributed by atoms with Gasteiger partial charge in [0.1, 0.15) is 5.82 Å². The molecule has 0 amide bonds. The molecule has 0 saturated carbocycles. The Morgan fingerprint density at radius 2 is 1.23 bits per heavy atom. The molecule has 0 atom stereocenters. The van der Waals surface area contributed by atoms with Crippen LogP contribution in [-0.2, 0) is 10.8 Å². The Labute approximate surface area is 155 Å². The van der Waals surface area contributed by atoms with Crippen molar-refractivity contribution in [2.75, 3.05) is 0 Å². The zero-order valence-corrected chi connectivity index (χ0v) is 16.2. The SMILES string of the molecule is CC(C)(C)c1c(F)cccc1-c1cccc2c1C(C)(C)c1ccccc1-2. The fourth-order valence-corrected chi connectivity index (χ4v) is 4.58. The highest BCUT2D eigenvalue weighted by Crippen LogP contribution is 2.52. The van der Waals surface area contributed by atoms with Gasteiger partial charge in [0.15, 0.2) is 0 Å². The van der Waals surface area contributed by atoms with E-state index in [-0.39, 0.29) is 16.6 Å². The summed E-state index contributed by atoms with van der Waals surface area (Å²) in [5.41, 5.74) is 7.79. The van der Waals surface area contributed by atoms with E-state index in [4.69, 9.17) is 0 Å². The first-order chi connectivity index (χ1) is 12.2. The minimum absolute atomic E-state index is 0.107. The monoisotopic (exact) mass is 344 g/mol. The van der Waals surface area contributed by atoms with Crippen LogP contribution >= 0.6 is 0 Å². The number of hydrogen-bond donors (Lipinski definition) is 0. The van der Waals surface area contributed by atoms with E-state index >= 15 is 0 Å². The summed E-state index contributed by atoms with van der Waals surface area (Å²) in [5, 5.41) is 0. The van der Waals surface area contributed by atoms with Gasteiger partial charge in [-0.1, -0.05) is 89.2 Å². The molecule has 0 unspecified atom stereocenters. The summed E-state index contributed by atoms with van der Waals surface area (Å²) in [6, 6.07) is 20.5. The van der Waals surface area contributed by atoms with Gasteiger partial charge in [0, 0.05) is 11.0 Å². The molecule has 3 aromatic carbocycles. The van der Waals surface area contributed by atoms with Crippen molar-refractivity contribution in [2.45, 2.75) is 45.4 Å². The largest absolute Gasteiger partial charge is 0.207 e. The van der Waals surface area contributed by atoms with Crippen LogP contribution in [0.15, 0.2) is 60.7 Å². The van der Waals surface area contributed by atoms with Crippen molar-refractivity contribution in [1.29, 1.82) is 0 Å². The van der Waals surface area contributed by atoms with E-state index in [0.29, 0.717) is 0 Å². The lowest BCUT2D eigenvalue weighted by Gasteiger charge is -2.28. The average molecular weight is 344 g/mol. The van der Waals surface area contributed by atoms with Crippen LogP contribution in [0.4, 0.5) is 4.39 Å². The number of halogens is 1. The van der Waals surface area contributed by atoms with Crippen LogP contribution in [-0.4, -0.2) is 0 Å². The van der Waals surface area contributed by atoms with Gasteiger partial charge in [-0.15, -0.1) is 0 Å². The summed E-state index contributed by atoms with van der Waals surface area (Å²) < 4.78 is 14.8. The molecule has 0 nitrogen and oxygen atoms in total. The average Bonchev–Trinajstić information content (AvgIpc) is 2.82. The van der Waals surface area contributed by atoms with Crippen molar-refractivity contribution in [3.8, 4) is 22.3 Å². The van der Waals surface area contributed by atoms with Crippen LogP contribution in [0.2, 0.25) is 0 Å². The predicted octanol–water partition coefficient (Wildman–Crippen LogP) is 7.10. The van der Waals surface area contributed by atoms with Gasteiger partial charge >= 0.3 is 0 Å². The molecule has 0 radical (unpaired) electrons. The van der Waals surface area contributed by atoms with Crippen molar-refractivity contribution < 1.29 is 4.39 Å². The van der Waals surface area contributed by atoms with E-state index in [9.17, 15) is 4.39 Å². The first kappa shape index (κ1) is 17.0. The Morgan fingerprint density at radius 1 is 0.692 bits per heavy atom. The van der Waals surface area contributed by atoms with E-state index in [2.05, 4.69) is 83.1 Å². The van der Waals surface area contributed by atoms with Crippen molar-refractivity contribution in [1.82, 2.24) is 0 Å². The standard InChI is InChI=1S/C25H25F/c1-24(2,3)23-19(13-9-15-21(23)26)18-12-8-11-17-16-10-6-7-14-20(16)25(4,5)22(17)18/h6-15H,1-5H3. The third-order valence-corrected chi connectivity index (χ3v) is 5.63. The summed E-state index contributed by atoms with van der Waals surface area (Å²) >= 11 is 0. The predicted molar refractivity (Wildman–Crippen MR) is 108 cm³/mol. The molecule has 1 heteroatoms. The van der Waals surface area contributed by atoms with Crippen LogP contribution < -0.4 is 0 Å². The van der Waals surface area contributed by atoms with Gasteiger partial charge in [-0.2, -0.15) is 0 Å². The van der Waals surface area contributed by atoms with E-state index in [1.165, 1.54) is 22.3 Å². The fourth-order valence-electron chi connectivity index (χ4n) is 4.58. The maximum atomic E-state index is 14.8. The lowest BCUT2D eigenvalue weighted by Crippen LogP contribution is -2.19. The summed E-state index contributed by atoms with van der Waals surface area (Å²) in [5.74, 6) is -0.124. The first-order valence-corrected chi connectivity index (χ1v) is 9.25. The molecule has 1 aliphatic rings. The molecule has 26 heavy (non-hydrogen) atoms. The van der Waals surface area contributed by atoms with Gasteiger partial charge in [0.25, 0.3) is 0 Å². The van der Waals surface area contributed by atoms with Gasteiger partial charge in [0.2, 0.25) is 0 Å². The van der Waals surface area contributed by atoms with Crippen molar-refractivity contribution >= 4 is 0 Å². The van der Waals surface area contributed by atoms with Crippen molar-refractivity contribution in [2.24, 2.45) is 0 Å². The molecule has 0 aromatic heterocycles. The van der Waals surface area contributed by atoms with E-state index in [1.54, 1.807) is 6.07 Å². The normalized spacial score (nSPS) is 14.8. The number of benzene rings is 3. The third kappa shape index (κ3) is 2.34. The van der Waals surface area contributed by atoms with Crippen LogP contribution in [0.1, 0.15) is 51.3 Å². The molecule has 4 rings (SSSR count). The number of hydrogen-bond acceptors (Lipinski definition) is 0. The molecule has 0 spiro atoms. The quantitative estimate of drug-likeness (QED) is 0.442. The molecule has 0 fully saturated rings. The Kier molecular flexibility index (Phi) is 3.63. The van der Waals surface area contributed by atoms with Gasteiger partial charge in [0.05, 0.1) is 0 Å². The maximum absolute atomic E-state index is 14.8. The minimum Gasteiger partial charge on any atom is -0.207 e. The summed E-state index contributed by atoms with van der Waals surface area (Å²) in [4.78, 5) is 0. The Bertz CT molecular complexity index is 1000. The van der Waals surface area contributed by atoms with Crippen molar-refractivity contribution in [3.05, 3.63) is 83.2 Å². The van der Waals surface area contributed by atoms with E-state index in [1.807, 2.05) is 6.07 Å². The second kappa shape index (κ2) is 5.54. The fraction of sp³-hybridized carbons (Fsp3) is 0.280. The zero-order chi connectivity index (χ0) is 18.7. The minimum atomic E-state index is -0.265. The Hall–Kier alpha value is -2.41. The molecule has 3 aromatic rings. The molecule has 132 valence electrons.